The van der Waals surface area contributed by atoms with Crippen molar-refractivity contribution >= 4 is 5.96 Å². The number of ether oxygens (including phenoxy) is 1. The predicted molar refractivity (Wildman–Crippen MR) is 58.3 cm³/mol. The summed E-state index contributed by atoms with van der Waals surface area (Å²) in [5, 5.41) is 9.04. The molecule has 0 bridgehead atoms. The lowest BCUT2D eigenvalue weighted by atomic mass is 10.2. The average molecular weight is 216 g/mol. The Morgan fingerprint density at radius 1 is 1.73 bits per heavy atom. The number of nitrogens with zero attached hydrogens (tertiary/aromatic N) is 2. The number of rotatable bonds is 2. The van der Waals surface area contributed by atoms with Crippen LogP contribution in [0.2, 0.25) is 0 Å². The molecule has 1 aliphatic heterocycles. The molecule has 88 valence electrons. The Morgan fingerprint density at radius 2 is 2.47 bits per heavy atom. The third kappa shape index (κ3) is 3.05. The number of hydrogen-bond donors (Lipinski definition) is 3. The van der Waals surface area contributed by atoms with Crippen molar-refractivity contribution < 1.29 is 9.84 Å². The number of aliphatic imine (C=N–C) groups is 1. The minimum Gasteiger partial charge on any atom is -0.394 e. The van der Waals surface area contributed by atoms with Crippen LogP contribution in [0, 0.1) is 0 Å². The molecular weight excluding hydrogens is 196 g/mol. The van der Waals surface area contributed by atoms with Gasteiger partial charge in [-0.25, -0.2) is 5.84 Å². The minimum atomic E-state index is -0.156. The van der Waals surface area contributed by atoms with E-state index >= 15 is 0 Å². The second-order valence-corrected chi connectivity index (χ2v) is 3.58. The smallest absolute Gasteiger partial charge is 0.208 e. The van der Waals surface area contributed by atoms with Crippen molar-refractivity contribution in [2.45, 2.75) is 26.0 Å². The van der Waals surface area contributed by atoms with Gasteiger partial charge in [-0.05, 0) is 13.8 Å². The number of hydrogen-bond acceptors (Lipinski definition) is 4. The van der Waals surface area contributed by atoms with E-state index < -0.39 is 0 Å². The summed E-state index contributed by atoms with van der Waals surface area (Å²) in [5.41, 5.74) is 2.59. The van der Waals surface area contributed by atoms with Gasteiger partial charge in [0, 0.05) is 13.1 Å². The van der Waals surface area contributed by atoms with Crippen LogP contribution in [0.25, 0.3) is 0 Å². The Balaban J connectivity index is 2.67. The van der Waals surface area contributed by atoms with Crippen molar-refractivity contribution in [3.63, 3.8) is 0 Å². The van der Waals surface area contributed by atoms with Gasteiger partial charge in [-0.1, -0.05) is 0 Å². The maximum absolute atomic E-state index is 9.04. The van der Waals surface area contributed by atoms with Gasteiger partial charge in [-0.2, -0.15) is 0 Å². The summed E-state index contributed by atoms with van der Waals surface area (Å²) in [6.07, 6.45) is -0.156. The highest BCUT2D eigenvalue weighted by Gasteiger charge is 2.27. The molecule has 2 atom stereocenters. The van der Waals surface area contributed by atoms with Crippen LogP contribution in [0.3, 0.4) is 0 Å². The molecule has 6 heteroatoms. The zero-order valence-corrected chi connectivity index (χ0v) is 9.31. The number of morpholine rings is 1. The van der Waals surface area contributed by atoms with Gasteiger partial charge in [0.2, 0.25) is 5.96 Å². The van der Waals surface area contributed by atoms with Crippen molar-refractivity contribution in [1.82, 2.24) is 10.3 Å². The summed E-state index contributed by atoms with van der Waals surface area (Å²) >= 11 is 0. The van der Waals surface area contributed by atoms with Crippen molar-refractivity contribution in [1.29, 1.82) is 0 Å². The van der Waals surface area contributed by atoms with E-state index in [1.54, 1.807) is 0 Å². The van der Waals surface area contributed by atoms with Gasteiger partial charge in [0.25, 0.3) is 0 Å². The second-order valence-electron chi connectivity index (χ2n) is 3.58. The molecule has 6 nitrogen and oxygen atoms in total. The quantitative estimate of drug-likeness (QED) is 0.236. The molecule has 1 heterocycles. The van der Waals surface area contributed by atoms with Crippen molar-refractivity contribution in [2.75, 3.05) is 26.3 Å². The first-order valence-corrected chi connectivity index (χ1v) is 5.23. The molecule has 15 heavy (non-hydrogen) atoms. The van der Waals surface area contributed by atoms with E-state index in [0.717, 1.165) is 0 Å². The fourth-order valence-electron chi connectivity index (χ4n) is 1.59. The number of guanidine groups is 1. The molecule has 0 radical (unpaired) electrons. The summed E-state index contributed by atoms with van der Waals surface area (Å²) in [6.45, 7) is 5.87. The lowest BCUT2D eigenvalue weighted by molar-refractivity contribution is -0.0570. The molecule has 1 aliphatic rings. The fourth-order valence-corrected chi connectivity index (χ4v) is 1.59. The standard InChI is InChI=1S/C9H20N4O2/c1-3-11-9(12-10)13-4-8(5-14)15-6-7(13)2/h7-8,14H,3-6,10H2,1-2H3,(H,11,12). The molecular formula is C9H20N4O2. The van der Waals surface area contributed by atoms with Gasteiger partial charge in [0.15, 0.2) is 0 Å². The highest BCUT2D eigenvalue weighted by atomic mass is 16.5. The number of aliphatic hydroxyl groups is 1. The van der Waals surface area contributed by atoms with E-state index in [-0.39, 0.29) is 18.8 Å². The van der Waals surface area contributed by atoms with Crippen LogP contribution in [0.15, 0.2) is 4.99 Å². The van der Waals surface area contributed by atoms with Crippen molar-refractivity contribution in [3.8, 4) is 0 Å². The normalized spacial score (nSPS) is 28.0. The molecule has 0 saturated carbocycles. The topological polar surface area (TPSA) is 83.1 Å². The van der Waals surface area contributed by atoms with E-state index in [0.29, 0.717) is 25.7 Å². The van der Waals surface area contributed by atoms with Crippen LogP contribution >= 0.6 is 0 Å². The second kappa shape index (κ2) is 5.89. The number of hydrazine groups is 1. The Bertz CT molecular complexity index is 222. The first-order chi connectivity index (χ1) is 7.22. The molecule has 1 saturated heterocycles. The highest BCUT2D eigenvalue weighted by molar-refractivity contribution is 5.79. The molecule has 0 aromatic carbocycles. The molecule has 0 aliphatic carbocycles. The molecule has 1 fully saturated rings. The molecule has 0 amide bonds. The van der Waals surface area contributed by atoms with Crippen LogP contribution in [0.4, 0.5) is 0 Å². The maximum atomic E-state index is 9.04. The first kappa shape index (κ1) is 12.2. The molecule has 1 rings (SSSR count). The summed E-state index contributed by atoms with van der Waals surface area (Å²) in [5.74, 6) is 6.07. The summed E-state index contributed by atoms with van der Waals surface area (Å²) in [4.78, 5) is 6.28. The van der Waals surface area contributed by atoms with E-state index in [4.69, 9.17) is 15.7 Å². The number of aliphatic hydroxyl groups excluding tert-OH is 1. The van der Waals surface area contributed by atoms with Gasteiger partial charge < -0.3 is 14.7 Å². The zero-order valence-electron chi connectivity index (χ0n) is 9.31. The van der Waals surface area contributed by atoms with E-state index in [1.807, 2.05) is 18.7 Å². The van der Waals surface area contributed by atoms with Crippen LogP contribution in [-0.4, -0.2) is 54.4 Å². The van der Waals surface area contributed by atoms with Crippen LogP contribution in [0.1, 0.15) is 13.8 Å². The van der Waals surface area contributed by atoms with Crippen LogP contribution in [0.5, 0.6) is 0 Å². The fraction of sp³-hybridized carbons (Fsp3) is 0.889. The first-order valence-electron chi connectivity index (χ1n) is 5.23. The van der Waals surface area contributed by atoms with Crippen molar-refractivity contribution in [3.05, 3.63) is 0 Å². The third-order valence-electron chi connectivity index (χ3n) is 2.42. The Kier molecular flexibility index (Phi) is 4.80. The monoisotopic (exact) mass is 216 g/mol. The van der Waals surface area contributed by atoms with Crippen molar-refractivity contribution in [2.24, 2.45) is 10.8 Å². The van der Waals surface area contributed by atoms with Crippen LogP contribution in [-0.2, 0) is 4.74 Å². The van der Waals surface area contributed by atoms with E-state index in [9.17, 15) is 0 Å². The molecule has 0 spiro atoms. The summed E-state index contributed by atoms with van der Waals surface area (Å²) in [6, 6.07) is 0.217. The Hall–Kier alpha value is -0.850. The zero-order chi connectivity index (χ0) is 11.3. The molecule has 0 aromatic rings. The van der Waals surface area contributed by atoms with E-state index in [2.05, 4.69) is 10.4 Å². The minimum absolute atomic E-state index is 0.0210. The van der Waals surface area contributed by atoms with Gasteiger partial charge >= 0.3 is 0 Å². The lowest BCUT2D eigenvalue weighted by Crippen LogP contribution is -2.57. The van der Waals surface area contributed by atoms with E-state index in [1.165, 1.54) is 0 Å². The average Bonchev–Trinajstić information content (AvgIpc) is 2.27. The maximum Gasteiger partial charge on any atom is 0.208 e. The Morgan fingerprint density at radius 3 is 3.00 bits per heavy atom. The number of nitrogens with one attached hydrogen (secondary N) is 1. The van der Waals surface area contributed by atoms with Crippen LogP contribution < -0.4 is 11.3 Å². The largest absolute Gasteiger partial charge is 0.394 e. The summed E-state index contributed by atoms with van der Waals surface area (Å²) < 4.78 is 5.43. The third-order valence-corrected chi connectivity index (χ3v) is 2.42. The van der Waals surface area contributed by atoms with Gasteiger partial charge in [0.05, 0.1) is 25.4 Å². The predicted octanol–water partition coefficient (Wildman–Crippen LogP) is -1.09. The Labute approximate surface area is 90.1 Å². The molecule has 4 N–H and O–H groups in total. The lowest BCUT2D eigenvalue weighted by Gasteiger charge is -2.38. The van der Waals surface area contributed by atoms with Gasteiger partial charge in [-0.15, -0.1) is 0 Å². The number of nitrogens with two attached hydrogens (primary N) is 1. The van der Waals surface area contributed by atoms with Gasteiger partial charge in [-0.3, -0.25) is 10.4 Å². The summed E-state index contributed by atoms with van der Waals surface area (Å²) in [7, 11) is 0. The highest BCUT2D eigenvalue weighted by Crippen LogP contribution is 2.11. The SMILES string of the molecule is CCN=C(NN)N1CC(CO)OCC1C. The molecule has 0 aromatic heterocycles. The molecule has 2 unspecified atom stereocenters. The van der Waals surface area contributed by atoms with Gasteiger partial charge in [0.1, 0.15) is 0 Å².